The van der Waals surface area contributed by atoms with E-state index in [9.17, 15) is 8.42 Å². The molecule has 1 aliphatic rings. The van der Waals surface area contributed by atoms with Gasteiger partial charge in [-0.15, -0.1) is 0 Å². The van der Waals surface area contributed by atoms with Gasteiger partial charge in [0.25, 0.3) is 10.0 Å². The summed E-state index contributed by atoms with van der Waals surface area (Å²) in [5.74, 6) is 0. The summed E-state index contributed by atoms with van der Waals surface area (Å²) in [6, 6.07) is 11.4. The largest absolute Gasteiger partial charge is 0.369 e. The van der Waals surface area contributed by atoms with E-state index in [0.29, 0.717) is 10.6 Å². The molecule has 140 valence electrons. The topological polar surface area (TPSA) is 52.7 Å². The van der Waals surface area contributed by atoms with Crippen molar-refractivity contribution in [3.63, 3.8) is 0 Å². The fourth-order valence-electron chi connectivity index (χ4n) is 3.60. The van der Waals surface area contributed by atoms with Gasteiger partial charge in [-0.25, -0.2) is 8.42 Å². The Bertz CT molecular complexity index is 861. The van der Waals surface area contributed by atoms with E-state index in [0.717, 1.165) is 48.6 Å². The normalized spacial score (nSPS) is 15.9. The van der Waals surface area contributed by atoms with Crippen LogP contribution in [0.5, 0.6) is 0 Å². The van der Waals surface area contributed by atoms with E-state index in [-0.39, 0.29) is 0 Å². The fraction of sp³-hybridized carbons (Fsp3) is 0.400. The van der Waals surface area contributed by atoms with Gasteiger partial charge in [0.05, 0.1) is 4.90 Å². The number of benzene rings is 2. The molecule has 6 heteroatoms. The van der Waals surface area contributed by atoms with Crippen LogP contribution >= 0.6 is 0 Å². The van der Waals surface area contributed by atoms with Crippen molar-refractivity contribution < 1.29 is 8.42 Å². The average Bonchev–Trinajstić information content (AvgIpc) is 2.54. The number of nitrogens with one attached hydrogen (secondary N) is 1. The van der Waals surface area contributed by atoms with Crippen molar-refractivity contribution in [3.8, 4) is 0 Å². The van der Waals surface area contributed by atoms with Crippen molar-refractivity contribution in [2.24, 2.45) is 0 Å². The van der Waals surface area contributed by atoms with Crippen LogP contribution in [0.15, 0.2) is 41.3 Å². The highest BCUT2D eigenvalue weighted by molar-refractivity contribution is 7.92. The minimum absolute atomic E-state index is 0.367. The van der Waals surface area contributed by atoms with Gasteiger partial charge in [0, 0.05) is 37.6 Å². The van der Waals surface area contributed by atoms with E-state index in [1.807, 2.05) is 57.2 Å². The summed E-state index contributed by atoms with van der Waals surface area (Å²) in [5, 5.41) is 0. The van der Waals surface area contributed by atoms with Gasteiger partial charge in [-0.05, 0) is 63.2 Å². The van der Waals surface area contributed by atoms with Gasteiger partial charge in [0.15, 0.2) is 0 Å². The molecule has 0 radical (unpaired) electrons. The van der Waals surface area contributed by atoms with Crippen LogP contribution in [0.25, 0.3) is 0 Å². The SMILES string of the molecule is Cc1cc(C)c(S(=O)(=O)Nc2ccc(N3CCN(C)CC3)cc2)c(C)c1. The Hall–Kier alpha value is -2.05. The quantitative estimate of drug-likeness (QED) is 0.894. The van der Waals surface area contributed by atoms with Gasteiger partial charge in [0.2, 0.25) is 0 Å². The second kappa shape index (κ2) is 7.29. The molecular formula is C20H27N3O2S. The fourth-order valence-corrected chi connectivity index (χ4v) is 5.12. The standard InChI is InChI=1S/C20H27N3O2S/c1-15-13-16(2)20(17(3)14-15)26(24,25)21-18-5-7-19(8-6-18)23-11-9-22(4)10-12-23/h5-8,13-14,21H,9-12H2,1-4H3. The molecule has 3 rings (SSSR count). The lowest BCUT2D eigenvalue weighted by Crippen LogP contribution is -2.44. The molecule has 2 aromatic rings. The molecule has 26 heavy (non-hydrogen) atoms. The van der Waals surface area contributed by atoms with Crippen molar-refractivity contribution in [1.82, 2.24) is 4.90 Å². The second-order valence-corrected chi connectivity index (χ2v) is 8.79. The number of aryl methyl sites for hydroxylation is 3. The Balaban J connectivity index is 1.78. The average molecular weight is 374 g/mol. The number of anilines is 2. The summed E-state index contributed by atoms with van der Waals surface area (Å²) in [5.41, 5.74) is 4.31. The van der Waals surface area contributed by atoms with Gasteiger partial charge in [0.1, 0.15) is 0 Å². The smallest absolute Gasteiger partial charge is 0.262 e. The number of likely N-dealkylation sites (N-methyl/N-ethyl adjacent to an activating group) is 1. The zero-order valence-electron chi connectivity index (χ0n) is 15.9. The number of hydrogen-bond donors (Lipinski definition) is 1. The first-order valence-corrected chi connectivity index (χ1v) is 10.4. The molecule has 0 spiro atoms. The molecule has 0 bridgehead atoms. The highest BCUT2D eigenvalue weighted by atomic mass is 32.2. The molecule has 0 amide bonds. The highest BCUT2D eigenvalue weighted by Gasteiger charge is 2.20. The van der Waals surface area contributed by atoms with Crippen LogP contribution in [-0.2, 0) is 10.0 Å². The zero-order valence-corrected chi connectivity index (χ0v) is 16.7. The Morgan fingerprint density at radius 2 is 1.42 bits per heavy atom. The summed E-state index contributed by atoms with van der Waals surface area (Å²) in [7, 11) is -1.48. The minimum Gasteiger partial charge on any atom is -0.369 e. The lowest BCUT2D eigenvalue weighted by Gasteiger charge is -2.34. The van der Waals surface area contributed by atoms with Crippen LogP contribution in [0.1, 0.15) is 16.7 Å². The first kappa shape index (κ1) is 18.7. The van der Waals surface area contributed by atoms with Crippen molar-refractivity contribution in [2.45, 2.75) is 25.7 Å². The predicted molar refractivity (Wildman–Crippen MR) is 108 cm³/mol. The van der Waals surface area contributed by atoms with Crippen molar-refractivity contribution in [1.29, 1.82) is 0 Å². The summed E-state index contributed by atoms with van der Waals surface area (Å²) in [6.45, 7) is 9.71. The van der Waals surface area contributed by atoms with Gasteiger partial charge in [-0.2, -0.15) is 0 Å². The van der Waals surface area contributed by atoms with Crippen LogP contribution in [-0.4, -0.2) is 46.5 Å². The highest BCUT2D eigenvalue weighted by Crippen LogP contribution is 2.25. The van der Waals surface area contributed by atoms with Crippen LogP contribution < -0.4 is 9.62 Å². The molecule has 0 aliphatic carbocycles. The zero-order chi connectivity index (χ0) is 18.9. The summed E-state index contributed by atoms with van der Waals surface area (Å²) < 4.78 is 28.4. The molecule has 0 unspecified atom stereocenters. The molecule has 0 atom stereocenters. The third-order valence-electron chi connectivity index (χ3n) is 4.86. The molecular weight excluding hydrogens is 346 g/mol. The lowest BCUT2D eigenvalue weighted by molar-refractivity contribution is 0.313. The van der Waals surface area contributed by atoms with Crippen molar-refractivity contribution in [3.05, 3.63) is 53.1 Å². The monoisotopic (exact) mass is 373 g/mol. The lowest BCUT2D eigenvalue weighted by atomic mass is 10.1. The van der Waals surface area contributed by atoms with Gasteiger partial charge in [-0.1, -0.05) is 17.7 Å². The maximum Gasteiger partial charge on any atom is 0.262 e. The molecule has 0 aromatic heterocycles. The molecule has 1 heterocycles. The van der Waals surface area contributed by atoms with E-state index < -0.39 is 10.0 Å². The van der Waals surface area contributed by atoms with E-state index >= 15 is 0 Å². The number of sulfonamides is 1. The number of piperazine rings is 1. The van der Waals surface area contributed by atoms with Crippen LogP contribution in [0, 0.1) is 20.8 Å². The van der Waals surface area contributed by atoms with E-state index in [4.69, 9.17) is 0 Å². The molecule has 2 aromatic carbocycles. The molecule has 1 aliphatic heterocycles. The maximum absolute atomic E-state index is 12.9. The Morgan fingerprint density at radius 3 is 1.96 bits per heavy atom. The first-order chi connectivity index (χ1) is 12.3. The summed E-state index contributed by atoms with van der Waals surface area (Å²) >= 11 is 0. The Labute approximate surface area is 156 Å². The maximum atomic E-state index is 12.9. The molecule has 1 N–H and O–H groups in total. The summed E-state index contributed by atoms with van der Waals surface area (Å²) in [4.78, 5) is 5.00. The van der Waals surface area contributed by atoms with Crippen LogP contribution in [0.3, 0.4) is 0 Å². The van der Waals surface area contributed by atoms with Gasteiger partial charge >= 0.3 is 0 Å². The van der Waals surface area contributed by atoms with Crippen molar-refractivity contribution in [2.75, 3.05) is 42.8 Å². The van der Waals surface area contributed by atoms with Gasteiger partial charge < -0.3 is 9.80 Å². The number of nitrogens with zero attached hydrogens (tertiary/aromatic N) is 2. The first-order valence-electron chi connectivity index (χ1n) is 8.90. The molecule has 1 fully saturated rings. The molecule has 1 saturated heterocycles. The van der Waals surface area contributed by atoms with E-state index in [2.05, 4.69) is 21.6 Å². The Kier molecular flexibility index (Phi) is 5.25. The van der Waals surface area contributed by atoms with E-state index in [1.165, 1.54) is 0 Å². The second-order valence-electron chi connectivity index (χ2n) is 7.17. The Morgan fingerprint density at radius 1 is 0.885 bits per heavy atom. The third kappa shape index (κ3) is 4.02. The van der Waals surface area contributed by atoms with Gasteiger partial charge in [-0.3, -0.25) is 4.72 Å². The predicted octanol–water partition coefficient (Wildman–Crippen LogP) is 3.16. The van der Waals surface area contributed by atoms with Crippen molar-refractivity contribution >= 4 is 21.4 Å². The van der Waals surface area contributed by atoms with Crippen LogP contribution in [0.2, 0.25) is 0 Å². The van der Waals surface area contributed by atoms with Crippen LogP contribution in [0.4, 0.5) is 11.4 Å². The number of rotatable bonds is 4. The summed E-state index contributed by atoms with van der Waals surface area (Å²) in [6.07, 6.45) is 0. The van der Waals surface area contributed by atoms with E-state index in [1.54, 1.807) is 0 Å². The third-order valence-corrected chi connectivity index (χ3v) is 6.55. The molecule has 0 saturated carbocycles. The molecule has 5 nitrogen and oxygen atoms in total. The number of hydrogen-bond acceptors (Lipinski definition) is 4. The minimum atomic E-state index is -3.61.